The summed E-state index contributed by atoms with van der Waals surface area (Å²) in [6.07, 6.45) is 1.99. The fraction of sp³-hybridized carbons (Fsp3) is 0.190. The highest BCUT2D eigenvalue weighted by Gasteiger charge is 2.22. The molecular formula is C21H17Cl2NOS. The molecule has 2 aromatic carbocycles. The van der Waals surface area contributed by atoms with Crippen LogP contribution in [0.15, 0.2) is 65.0 Å². The summed E-state index contributed by atoms with van der Waals surface area (Å²) in [6, 6.07) is 18.1. The molecule has 1 aromatic heterocycles. The number of ether oxygens (including phenoxy) is 1. The Morgan fingerprint density at radius 1 is 1.00 bits per heavy atom. The SMILES string of the molecule is Clc1ccc(COc2ccc(C3CCC(c4sccc4Cl)=N3)cc2)cc1. The van der Waals surface area contributed by atoms with E-state index in [1.165, 1.54) is 5.56 Å². The lowest BCUT2D eigenvalue weighted by molar-refractivity contribution is 0.306. The van der Waals surface area contributed by atoms with Crippen molar-refractivity contribution in [1.82, 2.24) is 0 Å². The van der Waals surface area contributed by atoms with Crippen molar-refractivity contribution < 1.29 is 4.74 Å². The average molecular weight is 402 g/mol. The van der Waals surface area contributed by atoms with Crippen molar-refractivity contribution in [2.24, 2.45) is 4.99 Å². The van der Waals surface area contributed by atoms with Crippen molar-refractivity contribution in [1.29, 1.82) is 0 Å². The van der Waals surface area contributed by atoms with E-state index in [0.717, 1.165) is 44.8 Å². The van der Waals surface area contributed by atoms with Gasteiger partial charge in [0.25, 0.3) is 0 Å². The van der Waals surface area contributed by atoms with E-state index in [4.69, 9.17) is 32.9 Å². The van der Waals surface area contributed by atoms with Crippen LogP contribution in [0.25, 0.3) is 0 Å². The summed E-state index contributed by atoms with van der Waals surface area (Å²) >= 11 is 13.8. The summed E-state index contributed by atoms with van der Waals surface area (Å²) in [4.78, 5) is 5.99. The minimum absolute atomic E-state index is 0.202. The highest BCUT2D eigenvalue weighted by Crippen LogP contribution is 2.35. The van der Waals surface area contributed by atoms with E-state index in [9.17, 15) is 0 Å². The minimum atomic E-state index is 0.202. The molecule has 2 heterocycles. The smallest absolute Gasteiger partial charge is 0.119 e. The van der Waals surface area contributed by atoms with Crippen LogP contribution in [0.3, 0.4) is 0 Å². The Bertz CT molecular complexity index is 916. The van der Waals surface area contributed by atoms with Crippen LogP contribution in [0.5, 0.6) is 5.75 Å². The zero-order chi connectivity index (χ0) is 17.9. The third kappa shape index (κ3) is 3.96. The topological polar surface area (TPSA) is 21.6 Å². The molecule has 3 aromatic rings. The van der Waals surface area contributed by atoms with Crippen LogP contribution in [-0.4, -0.2) is 5.71 Å². The third-order valence-electron chi connectivity index (χ3n) is 4.43. The fourth-order valence-electron chi connectivity index (χ4n) is 3.04. The first kappa shape index (κ1) is 17.6. The van der Waals surface area contributed by atoms with Gasteiger partial charge in [-0.05, 0) is 59.7 Å². The Morgan fingerprint density at radius 2 is 1.77 bits per heavy atom. The zero-order valence-electron chi connectivity index (χ0n) is 14.0. The Labute approximate surface area is 167 Å². The second kappa shape index (κ2) is 7.83. The number of halogens is 2. The standard InChI is InChI=1S/C21H17Cl2NOS/c22-16-5-1-14(2-6-16)13-25-17-7-3-15(4-8-17)19-9-10-20(24-19)21-18(23)11-12-26-21/h1-8,11-12,19H,9-10,13H2. The van der Waals surface area contributed by atoms with E-state index in [1.54, 1.807) is 11.3 Å². The number of thiophene rings is 1. The van der Waals surface area contributed by atoms with Gasteiger partial charge in [-0.15, -0.1) is 11.3 Å². The first-order chi connectivity index (χ1) is 12.7. The van der Waals surface area contributed by atoms with Gasteiger partial charge < -0.3 is 4.74 Å². The number of rotatable bonds is 5. The van der Waals surface area contributed by atoms with Crippen molar-refractivity contribution >= 4 is 40.3 Å². The second-order valence-electron chi connectivity index (χ2n) is 6.21. The normalized spacial score (nSPS) is 16.5. The Hall–Kier alpha value is -1.81. The molecule has 0 aliphatic carbocycles. The Balaban J connectivity index is 1.41. The molecule has 1 unspecified atom stereocenters. The molecule has 5 heteroatoms. The van der Waals surface area contributed by atoms with Gasteiger partial charge >= 0.3 is 0 Å². The third-order valence-corrected chi connectivity index (χ3v) is 6.07. The second-order valence-corrected chi connectivity index (χ2v) is 7.97. The van der Waals surface area contributed by atoms with Crippen molar-refractivity contribution in [3.63, 3.8) is 0 Å². The first-order valence-electron chi connectivity index (χ1n) is 8.46. The molecule has 0 bridgehead atoms. The lowest BCUT2D eigenvalue weighted by Crippen LogP contribution is -1.96. The largest absolute Gasteiger partial charge is 0.489 e. The number of hydrogen-bond acceptors (Lipinski definition) is 3. The average Bonchev–Trinajstić information content (AvgIpc) is 3.30. The maximum absolute atomic E-state index is 6.23. The van der Waals surface area contributed by atoms with E-state index in [-0.39, 0.29) is 6.04 Å². The van der Waals surface area contributed by atoms with Crippen LogP contribution in [0.1, 0.15) is 34.9 Å². The van der Waals surface area contributed by atoms with E-state index < -0.39 is 0 Å². The molecule has 1 aliphatic rings. The molecule has 1 atom stereocenters. The van der Waals surface area contributed by atoms with E-state index in [2.05, 4.69) is 12.1 Å². The van der Waals surface area contributed by atoms with Crippen molar-refractivity contribution in [2.75, 3.05) is 0 Å². The molecular weight excluding hydrogens is 385 g/mol. The highest BCUT2D eigenvalue weighted by atomic mass is 35.5. The molecule has 0 fully saturated rings. The van der Waals surface area contributed by atoms with Gasteiger partial charge in [0, 0.05) is 5.02 Å². The lowest BCUT2D eigenvalue weighted by atomic mass is 10.0. The molecule has 0 saturated heterocycles. The number of nitrogens with zero attached hydrogens (tertiary/aromatic N) is 1. The van der Waals surface area contributed by atoms with Crippen molar-refractivity contribution in [3.05, 3.63) is 86.0 Å². The van der Waals surface area contributed by atoms with Crippen LogP contribution in [0.2, 0.25) is 10.0 Å². The Morgan fingerprint density at radius 3 is 2.46 bits per heavy atom. The maximum Gasteiger partial charge on any atom is 0.119 e. The van der Waals surface area contributed by atoms with Gasteiger partial charge in [0.15, 0.2) is 0 Å². The van der Waals surface area contributed by atoms with Crippen LogP contribution < -0.4 is 4.74 Å². The summed E-state index contributed by atoms with van der Waals surface area (Å²) in [5, 5.41) is 3.55. The molecule has 0 radical (unpaired) electrons. The van der Waals surface area contributed by atoms with Gasteiger partial charge in [0.05, 0.1) is 21.7 Å². The maximum atomic E-state index is 6.23. The predicted molar refractivity (Wildman–Crippen MR) is 110 cm³/mol. The van der Waals surface area contributed by atoms with Crippen LogP contribution in [0.4, 0.5) is 0 Å². The fourth-order valence-corrected chi connectivity index (χ4v) is 4.36. The minimum Gasteiger partial charge on any atom is -0.489 e. The molecule has 4 rings (SSSR count). The molecule has 132 valence electrons. The van der Waals surface area contributed by atoms with Crippen LogP contribution >= 0.6 is 34.5 Å². The van der Waals surface area contributed by atoms with Gasteiger partial charge in [-0.1, -0.05) is 47.5 Å². The predicted octanol–water partition coefficient (Wildman–Crippen LogP) is 6.96. The summed E-state index contributed by atoms with van der Waals surface area (Å²) in [7, 11) is 0. The molecule has 0 saturated carbocycles. The summed E-state index contributed by atoms with van der Waals surface area (Å²) < 4.78 is 5.85. The van der Waals surface area contributed by atoms with Gasteiger partial charge in [-0.3, -0.25) is 4.99 Å². The monoisotopic (exact) mass is 401 g/mol. The van der Waals surface area contributed by atoms with Crippen molar-refractivity contribution in [2.45, 2.75) is 25.5 Å². The molecule has 1 aliphatic heterocycles. The number of benzene rings is 2. The molecule has 0 spiro atoms. The molecule has 0 amide bonds. The van der Waals surface area contributed by atoms with Crippen LogP contribution in [-0.2, 0) is 6.61 Å². The van der Waals surface area contributed by atoms with Gasteiger partial charge in [-0.2, -0.15) is 0 Å². The van der Waals surface area contributed by atoms with E-state index in [1.807, 2.05) is 47.8 Å². The number of aliphatic imine (C=N–C) groups is 1. The summed E-state index contributed by atoms with van der Waals surface area (Å²) in [6.45, 7) is 0.527. The summed E-state index contributed by atoms with van der Waals surface area (Å²) in [5.74, 6) is 0.854. The molecule has 2 nitrogen and oxygen atoms in total. The van der Waals surface area contributed by atoms with Crippen LogP contribution in [0, 0.1) is 0 Å². The highest BCUT2D eigenvalue weighted by molar-refractivity contribution is 7.12. The zero-order valence-corrected chi connectivity index (χ0v) is 16.3. The van der Waals surface area contributed by atoms with E-state index >= 15 is 0 Å². The Kier molecular flexibility index (Phi) is 5.30. The van der Waals surface area contributed by atoms with Gasteiger partial charge in [-0.25, -0.2) is 0 Å². The molecule has 0 N–H and O–H groups in total. The lowest BCUT2D eigenvalue weighted by Gasteiger charge is -2.10. The van der Waals surface area contributed by atoms with Crippen molar-refractivity contribution in [3.8, 4) is 5.75 Å². The molecule has 26 heavy (non-hydrogen) atoms. The number of hydrogen-bond donors (Lipinski definition) is 0. The van der Waals surface area contributed by atoms with Gasteiger partial charge in [0.1, 0.15) is 12.4 Å². The first-order valence-corrected chi connectivity index (χ1v) is 10.1. The quantitative estimate of drug-likeness (QED) is 0.452. The van der Waals surface area contributed by atoms with E-state index in [0.29, 0.717) is 6.61 Å². The van der Waals surface area contributed by atoms with Gasteiger partial charge in [0.2, 0.25) is 0 Å². The summed E-state index contributed by atoms with van der Waals surface area (Å²) in [5.41, 5.74) is 3.43.